The van der Waals surface area contributed by atoms with Gasteiger partial charge < -0.3 is 15.5 Å². The van der Waals surface area contributed by atoms with Gasteiger partial charge in [-0.25, -0.2) is 0 Å². The third-order valence-corrected chi connectivity index (χ3v) is 3.56. The van der Waals surface area contributed by atoms with Crippen molar-refractivity contribution in [3.05, 3.63) is 0 Å². The van der Waals surface area contributed by atoms with Crippen LogP contribution in [-0.4, -0.2) is 53.8 Å². The van der Waals surface area contributed by atoms with Gasteiger partial charge in [-0.05, 0) is 19.3 Å². The fourth-order valence-electron chi connectivity index (χ4n) is 2.54. The van der Waals surface area contributed by atoms with Gasteiger partial charge in [-0.1, -0.05) is 0 Å². The number of likely N-dealkylation sites (tertiary alicyclic amines) is 2. The second kappa shape index (κ2) is 4.41. The number of rotatable bonds is 1. The number of hydrogen-bond acceptors (Lipinski definition) is 3. The van der Waals surface area contributed by atoms with Crippen molar-refractivity contribution in [2.75, 3.05) is 20.1 Å². The summed E-state index contributed by atoms with van der Waals surface area (Å²) in [5.74, 6) is 0.226. The van der Waals surface area contributed by atoms with Crippen LogP contribution < -0.4 is 5.73 Å². The molecule has 0 aromatic heterocycles. The van der Waals surface area contributed by atoms with E-state index in [1.165, 1.54) is 0 Å². The third kappa shape index (κ3) is 2.04. The first-order valence-corrected chi connectivity index (χ1v) is 5.89. The van der Waals surface area contributed by atoms with Crippen molar-refractivity contribution < 1.29 is 9.59 Å². The molecule has 90 valence electrons. The Hall–Kier alpha value is -1.10. The van der Waals surface area contributed by atoms with Gasteiger partial charge in [0.05, 0.1) is 6.04 Å². The first kappa shape index (κ1) is 11.4. The molecular weight excluding hydrogens is 206 g/mol. The lowest BCUT2D eigenvalue weighted by Crippen LogP contribution is -2.57. The van der Waals surface area contributed by atoms with Crippen LogP contribution >= 0.6 is 0 Å². The lowest BCUT2D eigenvalue weighted by molar-refractivity contribution is -0.143. The number of carbonyl (C=O) groups excluding carboxylic acids is 2. The van der Waals surface area contributed by atoms with Crippen molar-refractivity contribution >= 4 is 11.8 Å². The molecule has 5 heteroatoms. The lowest BCUT2D eigenvalue weighted by atomic mass is 9.98. The van der Waals surface area contributed by atoms with Crippen molar-refractivity contribution in [3.8, 4) is 0 Å². The van der Waals surface area contributed by atoms with Crippen LogP contribution in [0.2, 0.25) is 0 Å². The molecule has 2 fully saturated rings. The average molecular weight is 225 g/mol. The normalized spacial score (nSPS) is 32.1. The summed E-state index contributed by atoms with van der Waals surface area (Å²) in [6, 6.07) is -0.168. The van der Waals surface area contributed by atoms with Gasteiger partial charge in [0.2, 0.25) is 11.8 Å². The SMILES string of the molecule is CN1CC(N2CCCC(N)C2=O)CCC1=O. The maximum Gasteiger partial charge on any atom is 0.239 e. The quantitative estimate of drug-likeness (QED) is 0.657. The Morgan fingerprint density at radius 2 is 2.06 bits per heavy atom. The van der Waals surface area contributed by atoms with Crippen molar-refractivity contribution in [1.82, 2.24) is 9.80 Å². The van der Waals surface area contributed by atoms with Gasteiger partial charge in [-0.2, -0.15) is 0 Å². The highest BCUT2D eigenvalue weighted by Crippen LogP contribution is 2.20. The van der Waals surface area contributed by atoms with Gasteiger partial charge in [0, 0.05) is 32.6 Å². The largest absolute Gasteiger partial charge is 0.344 e. The van der Waals surface area contributed by atoms with Crippen molar-refractivity contribution in [3.63, 3.8) is 0 Å². The van der Waals surface area contributed by atoms with E-state index in [0.29, 0.717) is 13.0 Å². The molecule has 2 saturated heterocycles. The second-order valence-electron chi connectivity index (χ2n) is 4.75. The molecule has 2 heterocycles. The molecule has 0 bridgehead atoms. The van der Waals surface area contributed by atoms with Gasteiger partial charge in [0.25, 0.3) is 0 Å². The van der Waals surface area contributed by atoms with Gasteiger partial charge in [-0.15, -0.1) is 0 Å². The van der Waals surface area contributed by atoms with Crippen LogP contribution in [0.4, 0.5) is 0 Å². The Morgan fingerprint density at radius 3 is 2.75 bits per heavy atom. The van der Waals surface area contributed by atoms with E-state index in [1.807, 2.05) is 4.90 Å². The maximum absolute atomic E-state index is 11.9. The number of piperidine rings is 2. The fourth-order valence-corrected chi connectivity index (χ4v) is 2.54. The zero-order valence-corrected chi connectivity index (χ0v) is 9.69. The first-order valence-electron chi connectivity index (χ1n) is 5.89. The van der Waals surface area contributed by atoms with Gasteiger partial charge in [0.1, 0.15) is 0 Å². The van der Waals surface area contributed by atoms with Crippen LogP contribution in [-0.2, 0) is 9.59 Å². The minimum Gasteiger partial charge on any atom is -0.344 e. The van der Waals surface area contributed by atoms with E-state index in [4.69, 9.17) is 5.73 Å². The van der Waals surface area contributed by atoms with Crippen molar-refractivity contribution in [2.24, 2.45) is 5.73 Å². The van der Waals surface area contributed by atoms with Crippen LogP contribution in [0.3, 0.4) is 0 Å². The molecule has 2 rings (SSSR count). The van der Waals surface area contributed by atoms with Gasteiger partial charge >= 0.3 is 0 Å². The number of amides is 2. The first-order chi connectivity index (χ1) is 7.59. The summed E-state index contributed by atoms with van der Waals surface area (Å²) in [5, 5.41) is 0. The van der Waals surface area contributed by atoms with E-state index in [1.54, 1.807) is 11.9 Å². The number of carbonyl (C=O) groups is 2. The number of likely N-dealkylation sites (N-methyl/N-ethyl adjacent to an activating group) is 1. The van der Waals surface area contributed by atoms with Crippen LogP contribution in [0.25, 0.3) is 0 Å². The zero-order valence-electron chi connectivity index (χ0n) is 9.69. The summed E-state index contributed by atoms with van der Waals surface area (Å²) in [7, 11) is 1.79. The van der Waals surface area contributed by atoms with Crippen LogP contribution in [0.5, 0.6) is 0 Å². The standard InChI is InChI=1S/C11H19N3O2/c1-13-7-8(4-5-10(13)15)14-6-2-3-9(12)11(14)16/h8-9H,2-7,12H2,1H3. The summed E-state index contributed by atoms with van der Waals surface area (Å²) < 4.78 is 0. The van der Waals surface area contributed by atoms with Crippen LogP contribution in [0.1, 0.15) is 25.7 Å². The van der Waals surface area contributed by atoms with Crippen molar-refractivity contribution in [1.29, 1.82) is 0 Å². The summed E-state index contributed by atoms with van der Waals surface area (Å²) in [4.78, 5) is 26.9. The average Bonchev–Trinajstić information content (AvgIpc) is 2.26. The lowest BCUT2D eigenvalue weighted by Gasteiger charge is -2.41. The molecule has 16 heavy (non-hydrogen) atoms. The van der Waals surface area contributed by atoms with E-state index in [0.717, 1.165) is 25.8 Å². The number of hydrogen-bond donors (Lipinski definition) is 1. The van der Waals surface area contributed by atoms with Gasteiger partial charge in [0.15, 0.2) is 0 Å². The van der Waals surface area contributed by atoms with E-state index < -0.39 is 0 Å². The Labute approximate surface area is 95.6 Å². The smallest absolute Gasteiger partial charge is 0.239 e. The number of nitrogens with zero attached hydrogens (tertiary/aromatic N) is 2. The zero-order chi connectivity index (χ0) is 11.7. The van der Waals surface area contributed by atoms with E-state index in [-0.39, 0.29) is 23.9 Å². The fraction of sp³-hybridized carbons (Fsp3) is 0.818. The Kier molecular flexibility index (Phi) is 3.14. The summed E-state index contributed by atoms with van der Waals surface area (Å²) in [6.07, 6.45) is 3.08. The third-order valence-electron chi connectivity index (χ3n) is 3.56. The molecule has 0 aromatic carbocycles. The summed E-state index contributed by atoms with van der Waals surface area (Å²) in [5.41, 5.74) is 5.77. The van der Waals surface area contributed by atoms with E-state index in [9.17, 15) is 9.59 Å². The molecule has 2 amide bonds. The molecule has 0 saturated carbocycles. The number of nitrogens with two attached hydrogens (primary N) is 1. The van der Waals surface area contributed by atoms with E-state index in [2.05, 4.69) is 0 Å². The molecule has 5 nitrogen and oxygen atoms in total. The molecule has 2 atom stereocenters. The molecular formula is C11H19N3O2. The highest BCUT2D eigenvalue weighted by Gasteiger charge is 2.34. The molecule has 0 spiro atoms. The maximum atomic E-state index is 11.9. The minimum atomic E-state index is -0.336. The Bertz CT molecular complexity index is 306. The highest BCUT2D eigenvalue weighted by atomic mass is 16.2. The summed E-state index contributed by atoms with van der Waals surface area (Å²) >= 11 is 0. The predicted octanol–water partition coefficient (Wildman–Crippen LogP) is -0.443. The molecule has 2 N–H and O–H groups in total. The topological polar surface area (TPSA) is 66.6 Å². The Morgan fingerprint density at radius 1 is 1.31 bits per heavy atom. The predicted molar refractivity (Wildman–Crippen MR) is 59.6 cm³/mol. The monoisotopic (exact) mass is 225 g/mol. The summed E-state index contributed by atoms with van der Waals surface area (Å²) in [6.45, 7) is 1.44. The highest BCUT2D eigenvalue weighted by molar-refractivity contribution is 5.83. The molecule has 2 aliphatic heterocycles. The van der Waals surface area contributed by atoms with Crippen LogP contribution in [0.15, 0.2) is 0 Å². The second-order valence-corrected chi connectivity index (χ2v) is 4.75. The molecule has 0 aromatic rings. The minimum absolute atomic E-state index is 0.0546. The van der Waals surface area contributed by atoms with E-state index >= 15 is 0 Å². The molecule has 2 aliphatic rings. The molecule has 0 aliphatic carbocycles. The van der Waals surface area contributed by atoms with Crippen LogP contribution in [0, 0.1) is 0 Å². The molecule has 2 unspecified atom stereocenters. The molecule has 0 radical (unpaired) electrons. The van der Waals surface area contributed by atoms with Crippen molar-refractivity contribution in [2.45, 2.75) is 37.8 Å². The Balaban J connectivity index is 2.01. The van der Waals surface area contributed by atoms with Gasteiger partial charge in [-0.3, -0.25) is 9.59 Å².